The molecular weight excluding hydrogens is 220 g/mol. The van der Waals surface area contributed by atoms with Crippen LogP contribution in [0.3, 0.4) is 0 Å². The Balaban J connectivity index is 2.31. The van der Waals surface area contributed by atoms with E-state index in [1.54, 1.807) is 6.20 Å². The third kappa shape index (κ3) is 1.80. The third-order valence-corrected chi connectivity index (χ3v) is 3.53. The summed E-state index contributed by atoms with van der Waals surface area (Å²) in [6, 6.07) is 0. The van der Waals surface area contributed by atoms with Gasteiger partial charge in [0.25, 0.3) is 0 Å². The molecule has 1 atom stereocenters. The number of thioether (sulfide) groups is 1. The van der Waals surface area contributed by atoms with Gasteiger partial charge in [-0.2, -0.15) is 0 Å². The van der Waals surface area contributed by atoms with Crippen LogP contribution in [0.5, 0.6) is 0 Å². The fourth-order valence-corrected chi connectivity index (χ4v) is 2.60. The molecule has 0 saturated carbocycles. The van der Waals surface area contributed by atoms with Crippen LogP contribution in [0.2, 0.25) is 0 Å². The lowest BCUT2D eigenvalue weighted by atomic mass is 10.1. The SMILES string of the molecule is O=C(O)[C@H]1Cc2cnc(=S)[nH]c2CS1. The highest BCUT2D eigenvalue weighted by atomic mass is 32.2. The van der Waals surface area contributed by atoms with Crippen molar-refractivity contribution < 1.29 is 9.90 Å². The first-order valence-electron chi connectivity index (χ1n) is 4.08. The van der Waals surface area contributed by atoms with E-state index in [0.717, 1.165) is 11.3 Å². The Morgan fingerprint density at radius 2 is 2.57 bits per heavy atom. The first-order valence-corrected chi connectivity index (χ1v) is 5.54. The number of fused-ring (bicyclic) bond motifs is 1. The van der Waals surface area contributed by atoms with Crippen molar-refractivity contribution in [2.24, 2.45) is 0 Å². The molecule has 1 aliphatic rings. The van der Waals surface area contributed by atoms with Crippen LogP contribution in [0.1, 0.15) is 11.3 Å². The standard InChI is InChI=1S/C8H8N2O2S2/c11-7(12)6-1-4-2-9-8(13)10-5(4)3-14-6/h2,6H,1,3H2,(H,11,12)(H,9,10,13)/t6-/m1/s1. The van der Waals surface area contributed by atoms with Crippen molar-refractivity contribution in [1.29, 1.82) is 0 Å². The molecule has 2 heterocycles. The van der Waals surface area contributed by atoms with Gasteiger partial charge in [-0.25, -0.2) is 4.98 Å². The van der Waals surface area contributed by atoms with E-state index >= 15 is 0 Å². The average molecular weight is 228 g/mol. The maximum absolute atomic E-state index is 10.8. The van der Waals surface area contributed by atoms with Gasteiger partial charge in [0.2, 0.25) is 0 Å². The number of carboxylic acid groups (broad SMARTS) is 1. The Bertz CT molecular complexity index is 430. The van der Waals surface area contributed by atoms with E-state index in [0.29, 0.717) is 16.9 Å². The summed E-state index contributed by atoms with van der Waals surface area (Å²) < 4.78 is 0.457. The average Bonchev–Trinajstić information content (AvgIpc) is 2.16. The first kappa shape index (κ1) is 9.67. The predicted octanol–water partition coefficient (Wildman–Crippen LogP) is 1.38. The zero-order chi connectivity index (χ0) is 10.1. The van der Waals surface area contributed by atoms with E-state index in [4.69, 9.17) is 17.3 Å². The van der Waals surface area contributed by atoms with Gasteiger partial charge in [0.05, 0.1) is 0 Å². The zero-order valence-corrected chi connectivity index (χ0v) is 8.82. The first-order chi connectivity index (χ1) is 6.66. The van der Waals surface area contributed by atoms with Crippen molar-refractivity contribution in [2.45, 2.75) is 17.4 Å². The lowest BCUT2D eigenvalue weighted by molar-refractivity contribution is -0.136. The Labute approximate surface area is 89.8 Å². The van der Waals surface area contributed by atoms with Gasteiger partial charge in [0.15, 0.2) is 4.77 Å². The van der Waals surface area contributed by atoms with Gasteiger partial charge in [-0.15, -0.1) is 11.8 Å². The molecular formula is C8H8N2O2S2. The number of aromatic amines is 1. The minimum atomic E-state index is -0.761. The molecule has 14 heavy (non-hydrogen) atoms. The van der Waals surface area contributed by atoms with Crippen LogP contribution in [0.25, 0.3) is 0 Å². The molecule has 2 rings (SSSR count). The zero-order valence-electron chi connectivity index (χ0n) is 7.19. The number of rotatable bonds is 1. The summed E-state index contributed by atoms with van der Waals surface area (Å²) in [7, 11) is 0. The lowest BCUT2D eigenvalue weighted by Crippen LogP contribution is -2.24. The maximum Gasteiger partial charge on any atom is 0.316 e. The van der Waals surface area contributed by atoms with Crippen molar-refractivity contribution >= 4 is 29.9 Å². The number of aliphatic carboxylic acids is 1. The molecule has 0 fully saturated rings. The summed E-state index contributed by atoms with van der Waals surface area (Å²) in [6.45, 7) is 0. The van der Waals surface area contributed by atoms with Crippen molar-refractivity contribution in [3.63, 3.8) is 0 Å². The largest absolute Gasteiger partial charge is 0.480 e. The minimum Gasteiger partial charge on any atom is -0.480 e. The fourth-order valence-electron chi connectivity index (χ4n) is 1.36. The summed E-state index contributed by atoms with van der Waals surface area (Å²) in [5.41, 5.74) is 1.97. The molecule has 1 aromatic rings. The number of carbonyl (C=O) groups is 1. The van der Waals surface area contributed by atoms with Gasteiger partial charge >= 0.3 is 5.97 Å². The van der Waals surface area contributed by atoms with Crippen LogP contribution in [0.4, 0.5) is 0 Å². The summed E-state index contributed by atoms with van der Waals surface area (Å²) in [6.07, 6.45) is 2.19. The highest BCUT2D eigenvalue weighted by Gasteiger charge is 2.25. The second-order valence-corrected chi connectivity index (χ2v) is 4.61. The van der Waals surface area contributed by atoms with E-state index in [9.17, 15) is 4.79 Å². The van der Waals surface area contributed by atoms with Gasteiger partial charge < -0.3 is 10.1 Å². The minimum absolute atomic E-state index is 0.353. The Kier molecular flexibility index (Phi) is 2.56. The highest BCUT2D eigenvalue weighted by molar-refractivity contribution is 7.99. The molecule has 0 spiro atoms. The number of nitrogens with zero attached hydrogens (tertiary/aromatic N) is 1. The maximum atomic E-state index is 10.8. The lowest BCUT2D eigenvalue weighted by Gasteiger charge is -2.19. The molecule has 1 aliphatic heterocycles. The smallest absolute Gasteiger partial charge is 0.316 e. The monoisotopic (exact) mass is 228 g/mol. The Morgan fingerprint density at radius 3 is 3.29 bits per heavy atom. The van der Waals surface area contributed by atoms with Gasteiger partial charge in [0.1, 0.15) is 5.25 Å². The second kappa shape index (κ2) is 3.70. The van der Waals surface area contributed by atoms with E-state index in [1.807, 2.05) is 0 Å². The number of hydrogen-bond acceptors (Lipinski definition) is 4. The van der Waals surface area contributed by atoms with Crippen LogP contribution < -0.4 is 0 Å². The quantitative estimate of drug-likeness (QED) is 0.711. The number of carboxylic acids is 1. The molecule has 0 aromatic carbocycles. The number of H-pyrrole nitrogens is 1. The molecule has 0 bridgehead atoms. The van der Waals surface area contributed by atoms with Crippen molar-refractivity contribution in [3.8, 4) is 0 Å². The normalized spacial score (nSPS) is 20.1. The van der Waals surface area contributed by atoms with Crippen LogP contribution >= 0.6 is 24.0 Å². The van der Waals surface area contributed by atoms with Crippen LogP contribution in [0.15, 0.2) is 6.20 Å². The number of aromatic nitrogens is 2. The fraction of sp³-hybridized carbons (Fsp3) is 0.375. The van der Waals surface area contributed by atoms with E-state index in [1.165, 1.54) is 11.8 Å². The van der Waals surface area contributed by atoms with Gasteiger partial charge in [0, 0.05) is 17.6 Å². The molecule has 0 saturated heterocycles. The molecule has 74 valence electrons. The van der Waals surface area contributed by atoms with Crippen molar-refractivity contribution in [1.82, 2.24) is 9.97 Å². The molecule has 2 N–H and O–H groups in total. The van der Waals surface area contributed by atoms with Crippen LogP contribution in [-0.4, -0.2) is 26.3 Å². The van der Waals surface area contributed by atoms with E-state index in [-0.39, 0.29) is 5.25 Å². The van der Waals surface area contributed by atoms with Gasteiger partial charge in [-0.1, -0.05) is 0 Å². The second-order valence-electron chi connectivity index (χ2n) is 3.03. The van der Waals surface area contributed by atoms with E-state index < -0.39 is 5.97 Å². The third-order valence-electron chi connectivity index (χ3n) is 2.09. The Hall–Kier alpha value is -0.880. The molecule has 1 aromatic heterocycles. The molecule has 0 radical (unpaired) electrons. The Morgan fingerprint density at radius 1 is 1.79 bits per heavy atom. The topological polar surface area (TPSA) is 66.0 Å². The van der Waals surface area contributed by atoms with Crippen LogP contribution in [-0.2, 0) is 17.0 Å². The van der Waals surface area contributed by atoms with Crippen molar-refractivity contribution in [3.05, 3.63) is 22.2 Å². The number of hydrogen-bond donors (Lipinski definition) is 2. The summed E-state index contributed by atoms with van der Waals surface area (Å²) in [5.74, 6) is -0.0959. The van der Waals surface area contributed by atoms with Crippen LogP contribution in [0, 0.1) is 4.77 Å². The summed E-state index contributed by atoms with van der Waals surface area (Å²) in [5, 5.41) is 8.49. The van der Waals surface area contributed by atoms with Gasteiger partial charge in [-0.3, -0.25) is 4.79 Å². The highest BCUT2D eigenvalue weighted by Crippen LogP contribution is 2.28. The summed E-state index contributed by atoms with van der Waals surface area (Å²) in [4.78, 5) is 17.7. The molecule has 0 unspecified atom stereocenters. The van der Waals surface area contributed by atoms with Gasteiger partial charge in [-0.05, 0) is 24.2 Å². The molecule has 4 nitrogen and oxygen atoms in total. The van der Waals surface area contributed by atoms with E-state index in [2.05, 4.69) is 9.97 Å². The molecule has 0 aliphatic carbocycles. The number of nitrogens with one attached hydrogen (secondary N) is 1. The molecule has 6 heteroatoms. The summed E-state index contributed by atoms with van der Waals surface area (Å²) >= 11 is 6.30. The predicted molar refractivity (Wildman–Crippen MR) is 55.8 cm³/mol. The molecule has 0 amide bonds. The van der Waals surface area contributed by atoms with Crippen molar-refractivity contribution in [2.75, 3.05) is 0 Å².